The number of hydrogen-bond donors (Lipinski definition) is 0. The average molecular weight is 549 g/mol. The molecular formula is C36H36O5. The molecule has 0 aromatic heterocycles. The number of rotatable bonds is 13. The zero-order valence-electron chi connectivity index (χ0n) is 23.1. The van der Waals surface area contributed by atoms with Gasteiger partial charge in [0, 0.05) is 0 Å². The van der Waals surface area contributed by atoms with Crippen LogP contribution in [0.25, 0.3) is 0 Å². The van der Waals surface area contributed by atoms with Gasteiger partial charge in [0.1, 0.15) is 30.5 Å². The highest BCUT2D eigenvalue weighted by atomic mass is 16.6. The summed E-state index contributed by atoms with van der Waals surface area (Å²) in [7, 11) is 0. The summed E-state index contributed by atoms with van der Waals surface area (Å²) in [6.45, 7) is 1.90. The average Bonchev–Trinajstić information content (AvgIpc) is 3.04. The molecule has 210 valence electrons. The first-order valence-corrected chi connectivity index (χ1v) is 14.0. The van der Waals surface area contributed by atoms with E-state index in [4.69, 9.17) is 30.1 Å². The number of benzene rings is 4. The quantitative estimate of drug-likeness (QED) is 0.182. The Kier molecular flexibility index (Phi) is 10.7. The predicted molar refractivity (Wildman–Crippen MR) is 159 cm³/mol. The summed E-state index contributed by atoms with van der Waals surface area (Å²) in [5.74, 6) is 2.81. The standard InChI is InChI=1S/C36H36O5/c1-2-32-34(38-24-29-17-9-4-10-18-29)36(40-26-31-21-13-6-14-22-31)35(39-25-30-19-11-5-12-20-30)33(41-32)27-37-23-28-15-7-3-8-16-28/h1,3-22,32-36H,23-27H2/t32-,33-,34+,35+,36-/m1/s1. The third-order valence-electron chi connectivity index (χ3n) is 7.05. The highest BCUT2D eigenvalue weighted by molar-refractivity contribution is 5.17. The van der Waals surface area contributed by atoms with Crippen LogP contribution in [0.2, 0.25) is 0 Å². The van der Waals surface area contributed by atoms with E-state index in [1.807, 2.05) is 121 Å². The van der Waals surface area contributed by atoms with Gasteiger partial charge < -0.3 is 23.7 Å². The fourth-order valence-corrected chi connectivity index (χ4v) is 4.92. The lowest BCUT2D eigenvalue weighted by Crippen LogP contribution is -2.60. The molecule has 1 heterocycles. The first kappa shape index (κ1) is 28.8. The van der Waals surface area contributed by atoms with Crippen LogP contribution in [-0.2, 0) is 50.1 Å². The molecule has 0 radical (unpaired) electrons. The summed E-state index contributed by atoms with van der Waals surface area (Å²) >= 11 is 0. The molecule has 4 aromatic carbocycles. The van der Waals surface area contributed by atoms with E-state index in [1.54, 1.807) is 0 Å². The van der Waals surface area contributed by atoms with Crippen molar-refractivity contribution in [2.75, 3.05) is 6.61 Å². The lowest BCUT2D eigenvalue weighted by atomic mass is 9.94. The summed E-state index contributed by atoms with van der Waals surface area (Å²) in [4.78, 5) is 0. The van der Waals surface area contributed by atoms with E-state index in [2.05, 4.69) is 5.92 Å². The van der Waals surface area contributed by atoms with Crippen LogP contribution in [0, 0.1) is 12.3 Å². The molecule has 0 spiro atoms. The molecular weight excluding hydrogens is 512 g/mol. The van der Waals surface area contributed by atoms with Crippen molar-refractivity contribution in [3.63, 3.8) is 0 Å². The lowest BCUT2D eigenvalue weighted by molar-refractivity contribution is -0.261. The Morgan fingerprint density at radius 2 is 0.902 bits per heavy atom. The summed E-state index contributed by atoms with van der Waals surface area (Å²) in [5.41, 5.74) is 4.23. The summed E-state index contributed by atoms with van der Waals surface area (Å²) < 4.78 is 32.3. The summed E-state index contributed by atoms with van der Waals surface area (Å²) in [6, 6.07) is 40.2. The molecule has 0 bridgehead atoms. The Labute approximate surface area is 243 Å². The van der Waals surface area contributed by atoms with Crippen molar-refractivity contribution in [2.24, 2.45) is 0 Å². The molecule has 1 saturated heterocycles. The molecule has 0 aliphatic carbocycles. The van der Waals surface area contributed by atoms with Gasteiger partial charge in [-0.05, 0) is 22.3 Å². The first-order valence-electron chi connectivity index (χ1n) is 14.0. The van der Waals surface area contributed by atoms with E-state index < -0.39 is 30.5 Å². The minimum Gasteiger partial charge on any atom is -0.374 e. The number of terminal acetylenes is 1. The molecule has 0 N–H and O–H groups in total. The Morgan fingerprint density at radius 1 is 0.512 bits per heavy atom. The molecule has 4 aromatic rings. The normalized spacial score (nSPS) is 22.2. The minimum absolute atomic E-state index is 0.295. The van der Waals surface area contributed by atoms with Crippen molar-refractivity contribution >= 4 is 0 Å². The summed E-state index contributed by atoms with van der Waals surface area (Å²) in [5, 5.41) is 0. The maximum Gasteiger partial charge on any atom is 0.147 e. The maximum atomic E-state index is 6.62. The monoisotopic (exact) mass is 548 g/mol. The zero-order chi connectivity index (χ0) is 28.1. The molecule has 0 amide bonds. The number of ether oxygens (including phenoxy) is 5. The fraction of sp³-hybridized carbons (Fsp3) is 0.278. The topological polar surface area (TPSA) is 46.2 Å². The second kappa shape index (κ2) is 15.3. The van der Waals surface area contributed by atoms with Gasteiger partial charge in [-0.15, -0.1) is 6.42 Å². The Morgan fingerprint density at radius 3 is 1.34 bits per heavy atom. The van der Waals surface area contributed by atoms with Gasteiger partial charge in [-0.2, -0.15) is 0 Å². The third-order valence-corrected chi connectivity index (χ3v) is 7.05. The van der Waals surface area contributed by atoms with Crippen LogP contribution < -0.4 is 0 Å². The SMILES string of the molecule is C#C[C@H]1O[C@H](COCc2ccccc2)[C@H](OCc2ccccc2)[C@H](OCc2ccccc2)[C@H]1OCc1ccccc1. The van der Waals surface area contributed by atoms with E-state index in [0.29, 0.717) is 33.0 Å². The molecule has 0 unspecified atom stereocenters. The van der Waals surface area contributed by atoms with Crippen LogP contribution >= 0.6 is 0 Å². The van der Waals surface area contributed by atoms with Crippen molar-refractivity contribution in [3.05, 3.63) is 144 Å². The molecule has 41 heavy (non-hydrogen) atoms. The van der Waals surface area contributed by atoms with Crippen LogP contribution in [0.3, 0.4) is 0 Å². The Bertz CT molecular complexity index is 1320. The van der Waals surface area contributed by atoms with Crippen molar-refractivity contribution in [1.82, 2.24) is 0 Å². The predicted octanol–water partition coefficient (Wildman–Crippen LogP) is 6.36. The van der Waals surface area contributed by atoms with Gasteiger partial charge >= 0.3 is 0 Å². The lowest BCUT2D eigenvalue weighted by Gasteiger charge is -2.44. The van der Waals surface area contributed by atoms with Crippen molar-refractivity contribution in [3.8, 4) is 12.3 Å². The van der Waals surface area contributed by atoms with Gasteiger partial charge in [0.05, 0.1) is 33.0 Å². The van der Waals surface area contributed by atoms with E-state index in [1.165, 1.54) is 0 Å². The van der Waals surface area contributed by atoms with Gasteiger partial charge in [0.15, 0.2) is 0 Å². The second-order valence-corrected chi connectivity index (χ2v) is 10.0. The minimum atomic E-state index is -0.638. The molecule has 5 nitrogen and oxygen atoms in total. The highest BCUT2D eigenvalue weighted by Crippen LogP contribution is 2.31. The summed E-state index contributed by atoms with van der Waals surface area (Å²) in [6.07, 6.45) is 3.41. The van der Waals surface area contributed by atoms with Crippen molar-refractivity contribution in [2.45, 2.75) is 56.9 Å². The molecule has 0 saturated carbocycles. The van der Waals surface area contributed by atoms with Gasteiger partial charge in [0.25, 0.3) is 0 Å². The van der Waals surface area contributed by atoms with Crippen LogP contribution in [0.15, 0.2) is 121 Å². The van der Waals surface area contributed by atoms with Crippen molar-refractivity contribution < 1.29 is 23.7 Å². The van der Waals surface area contributed by atoms with Gasteiger partial charge in [0.2, 0.25) is 0 Å². The fourth-order valence-electron chi connectivity index (χ4n) is 4.92. The van der Waals surface area contributed by atoms with E-state index in [9.17, 15) is 0 Å². The van der Waals surface area contributed by atoms with Crippen LogP contribution in [0.4, 0.5) is 0 Å². The molecule has 1 aliphatic rings. The molecule has 1 fully saturated rings. The van der Waals surface area contributed by atoms with Crippen LogP contribution in [-0.4, -0.2) is 37.1 Å². The maximum absolute atomic E-state index is 6.62. The highest BCUT2D eigenvalue weighted by Gasteiger charge is 2.48. The third kappa shape index (κ3) is 8.37. The van der Waals surface area contributed by atoms with E-state index in [-0.39, 0.29) is 0 Å². The first-order chi connectivity index (χ1) is 20.3. The molecule has 5 heteroatoms. The Hall–Kier alpha value is -3.76. The zero-order valence-corrected chi connectivity index (χ0v) is 23.1. The largest absolute Gasteiger partial charge is 0.374 e. The van der Waals surface area contributed by atoms with Crippen LogP contribution in [0.1, 0.15) is 22.3 Å². The Balaban J connectivity index is 1.39. The van der Waals surface area contributed by atoms with Gasteiger partial charge in [-0.1, -0.05) is 127 Å². The number of hydrogen-bond acceptors (Lipinski definition) is 5. The van der Waals surface area contributed by atoms with Crippen molar-refractivity contribution in [1.29, 1.82) is 0 Å². The smallest absolute Gasteiger partial charge is 0.147 e. The molecule has 1 aliphatic heterocycles. The van der Waals surface area contributed by atoms with Gasteiger partial charge in [-0.25, -0.2) is 0 Å². The van der Waals surface area contributed by atoms with E-state index in [0.717, 1.165) is 22.3 Å². The molecule has 5 atom stereocenters. The molecule has 5 rings (SSSR count). The van der Waals surface area contributed by atoms with E-state index >= 15 is 0 Å². The van der Waals surface area contributed by atoms with Gasteiger partial charge in [-0.3, -0.25) is 0 Å². The van der Waals surface area contributed by atoms with Crippen LogP contribution in [0.5, 0.6) is 0 Å². The second-order valence-electron chi connectivity index (χ2n) is 10.0.